The summed E-state index contributed by atoms with van der Waals surface area (Å²) in [5, 5.41) is 11.8. The molecule has 0 aliphatic heterocycles. The molecule has 0 bridgehead atoms. The van der Waals surface area contributed by atoms with Crippen molar-refractivity contribution in [1.82, 2.24) is 0 Å². The van der Waals surface area contributed by atoms with E-state index < -0.39 is 5.97 Å². The molecule has 1 amide bonds. The summed E-state index contributed by atoms with van der Waals surface area (Å²) >= 11 is 0. The standard InChI is InChI=1S/C18H19NO5/c1-11-7-8-15(16(9-11)23-3)24-10-17(20)19-14-6-4-5-13(12(14)2)18(21)22/h4-9H,10H2,1-3H3,(H,19,20)(H,21,22). The van der Waals surface area contributed by atoms with E-state index in [0.717, 1.165) is 5.56 Å². The van der Waals surface area contributed by atoms with Crippen LogP contribution in [-0.2, 0) is 4.79 Å². The Morgan fingerprint density at radius 1 is 1.12 bits per heavy atom. The molecule has 0 aromatic heterocycles. The first-order valence-electron chi connectivity index (χ1n) is 7.32. The minimum absolute atomic E-state index is 0.147. The Morgan fingerprint density at radius 2 is 1.88 bits per heavy atom. The van der Waals surface area contributed by atoms with Gasteiger partial charge in [0.1, 0.15) is 0 Å². The van der Waals surface area contributed by atoms with Gasteiger partial charge in [-0.15, -0.1) is 0 Å². The second kappa shape index (κ2) is 7.50. The number of carboxylic acids is 1. The third-order valence-corrected chi connectivity index (χ3v) is 3.52. The molecular weight excluding hydrogens is 310 g/mol. The fourth-order valence-electron chi connectivity index (χ4n) is 2.23. The van der Waals surface area contributed by atoms with Crippen LogP contribution >= 0.6 is 0 Å². The molecule has 0 unspecified atom stereocenters. The summed E-state index contributed by atoms with van der Waals surface area (Å²) < 4.78 is 10.7. The van der Waals surface area contributed by atoms with E-state index in [-0.39, 0.29) is 18.1 Å². The maximum Gasteiger partial charge on any atom is 0.336 e. The van der Waals surface area contributed by atoms with Crippen molar-refractivity contribution in [3.05, 3.63) is 53.1 Å². The van der Waals surface area contributed by atoms with Crippen LogP contribution in [0.25, 0.3) is 0 Å². The van der Waals surface area contributed by atoms with Crippen molar-refractivity contribution in [2.24, 2.45) is 0 Å². The number of amides is 1. The number of carbonyl (C=O) groups is 2. The van der Waals surface area contributed by atoms with Crippen LogP contribution in [0.4, 0.5) is 5.69 Å². The quantitative estimate of drug-likeness (QED) is 0.851. The van der Waals surface area contributed by atoms with E-state index >= 15 is 0 Å². The molecule has 0 radical (unpaired) electrons. The Hall–Kier alpha value is -3.02. The van der Waals surface area contributed by atoms with Gasteiger partial charge in [-0.1, -0.05) is 12.1 Å². The molecule has 0 heterocycles. The molecule has 2 rings (SSSR count). The zero-order valence-corrected chi connectivity index (χ0v) is 13.8. The van der Waals surface area contributed by atoms with Gasteiger partial charge in [-0.3, -0.25) is 4.79 Å². The number of anilines is 1. The van der Waals surface area contributed by atoms with Crippen molar-refractivity contribution in [1.29, 1.82) is 0 Å². The summed E-state index contributed by atoms with van der Waals surface area (Å²) in [5.41, 5.74) is 2.10. The Morgan fingerprint density at radius 3 is 2.54 bits per heavy atom. The van der Waals surface area contributed by atoms with Crippen LogP contribution in [0.15, 0.2) is 36.4 Å². The Kier molecular flexibility index (Phi) is 5.42. The maximum absolute atomic E-state index is 12.1. The number of benzene rings is 2. The molecule has 126 valence electrons. The van der Waals surface area contributed by atoms with Gasteiger partial charge in [0.2, 0.25) is 0 Å². The van der Waals surface area contributed by atoms with Crippen molar-refractivity contribution in [2.45, 2.75) is 13.8 Å². The van der Waals surface area contributed by atoms with Crippen molar-refractivity contribution in [3.8, 4) is 11.5 Å². The zero-order valence-electron chi connectivity index (χ0n) is 13.8. The number of hydrogen-bond donors (Lipinski definition) is 2. The zero-order chi connectivity index (χ0) is 17.7. The van der Waals surface area contributed by atoms with E-state index in [4.69, 9.17) is 14.6 Å². The topological polar surface area (TPSA) is 84.9 Å². The summed E-state index contributed by atoms with van der Waals surface area (Å²) in [5.74, 6) is -0.409. The number of hydrogen-bond acceptors (Lipinski definition) is 4. The molecule has 0 saturated heterocycles. The number of aryl methyl sites for hydroxylation is 1. The predicted octanol–water partition coefficient (Wildman–Crippen LogP) is 3.03. The highest BCUT2D eigenvalue weighted by atomic mass is 16.5. The van der Waals surface area contributed by atoms with Crippen LogP contribution in [0.3, 0.4) is 0 Å². The van der Waals surface area contributed by atoms with E-state index in [1.165, 1.54) is 13.2 Å². The van der Waals surface area contributed by atoms with Crippen LogP contribution < -0.4 is 14.8 Å². The largest absolute Gasteiger partial charge is 0.493 e. The first-order valence-corrected chi connectivity index (χ1v) is 7.32. The number of carboxylic acid groups (broad SMARTS) is 1. The van der Waals surface area contributed by atoms with Gasteiger partial charge < -0.3 is 19.9 Å². The Labute approximate surface area is 140 Å². The fourth-order valence-corrected chi connectivity index (χ4v) is 2.23. The van der Waals surface area contributed by atoms with Gasteiger partial charge in [-0.25, -0.2) is 4.79 Å². The second-order valence-electron chi connectivity index (χ2n) is 5.27. The van der Waals surface area contributed by atoms with Crippen molar-refractivity contribution >= 4 is 17.6 Å². The Bertz CT molecular complexity index is 770. The van der Waals surface area contributed by atoms with Gasteiger partial charge in [0.15, 0.2) is 18.1 Å². The average Bonchev–Trinajstić information content (AvgIpc) is 2.55. The van der Waals surface area contributed by atoms with Gasteiger partial charge in [0.25, 0.3) is 5.91 Å². The molecule has 6 nitrogen and oxygen atoms in total. The third-order valence-electron chi connectivity index (χ3n) is 3.52. The lowest BCUT2D eigenvalue weighted by Crippen LogP contribution is -2.21. The summed E-state index contributed by atoms with van der Waals surface area (Å²) in [7, 11) is 1.53. The number of carbonyl (C=O) groups excluding carboxylic acids is 1. The van der Waals surface area contributed by atoms with E-state index in [0.29, 0.717) is 22.7 Å². The van der Waals surface area contributed by atoms with Crippen LogP contribution in [0, 0.1) is 13.8 Å². The van der Waals surface area contributed by atoms with E-state index in [2.05, 4.69) is 5.32 Å². The number of nitrogens with one attached hydrogen (secondary N) is 1. The normalized spacial score (nSPS) is 10.1. The third kappa shape index (κ3) is 4.04. The minimum Gasteiger partial charge on any atom is -0.493 e. The Balaban J connectivity index is 2.05. The summed E-state index contributed by atoms with van der Waals surface area (Å²) in [6, 6.07) is 10.1. The fraction of sp³-hybridized carbons (Fsp3) is 0.222. The summed E-state index contributed by atoms with van der Waals surface area (Å²) in [6.07, 6.45) is 0. The lowest BCUT2D eigenvalue weighted by atomic mass is 10.1. The van der Waals surface area contributed by atoms with Crippen LogP contribution in [0.1, 0.15) is 21.5 Å². The molecule has 0 aliphatic rings. The van der Waals surface area contributed by atoms with Crippen molar-refractivity contribution < 1.29 is 24.2 Å². The molecule has 2 aromatic carbocycles. The number of ether oxygens (including phenoxy) is 2. The lowest BCUT2D eigenvalue weighted by Gasteiger charge is -2.13. The van der Waals surface area contributed by atoms with Crippen LogP contribution in [-0.4, -0.2) is 30.7 Å². The highest BCUT2D eigenvalue weighted by Gasteiger charge is 2.13. The van der Waals surface area contributed by atoms with Gasteiger partial charge in [-0.2, -0.15) is 0 Å². The molecule has 6 heteroatoms. The highest BCUT2D eigenvalue weighted by molar-refractivity contribution is 5.96. The molecule has 0 spiro atoms. The molecule has 0 atom stereocenters. The first-order chi connectivity index (χ1) is 11.4. The van der Waals surface area contributed by atoms with Gasteiger partial charge in [-0.05, 0) is 49.2 Å². The van der Waals surface area contributed by atoms with Crippen molar-refractivity contribution in [3.63, 3.8) is 0 Å². The van der Waals surface area contributed by atoms with E-state index in [1.54, 1.807) is 25.1 Å². The average molecular weight is 329 g/mol. The van der Waals surface area contributed by atoms with E-state index in [9.17, 15) is 9.59 Å². The number of methoxy groups -OCH3 is 1. The number of aromatic carboxylic acids is 1. The van der Waals surface area contributed by atoms with Gasteiger partial charge >= 0.3 is 5.97 Å². The molecule has 2 N–H and O–H groups in total. The second-order valence-corrected chi connectivity index (χ2v) is 5.27. The van der Waals surface area contributed by atoms with E-state index in [1.807, 2.05) is 19.1 Å². The molecule has 24 heavy (non-hydrogen) atoms. The SMILES string of the molecule is COc1cc(C)ccc1OCC(=O)Nc1cccc(C(=O)O)c1C. The minimum atomic E-state index is -1.04. The highest BCUT2D eigenvalue weighted by Crippen LogP contribution is 2.27. The molecule has 2 aromatic rings. The van der Waals surface area contributed by atoms with Crippen LogP contribution in [0.5, 0.6) is 11.5 Å². The van der Waals surface area contributed by atoms with Crippen molar-refractivity contribution in [2.75, 3.05) is 19.0 Å². The monoisotopic (exact) mass is 329 g/mol. The molecule has 0 saturated carbocycles. The first kappa shape index (κ1) is 17.3. The molecule has 0 aliphatic carbocycles. The van der Waals surface area contributed by atoms with Gasteiger partial charge in [0, 0.05) is 5.69 Å². The lowest BCUT2D eigenvalue weighted by molar-refractivity contribution is -0.118. The number of rotatable bonds is 6. The van der Waals surface area contributed by atoms with Gasteiger partial charge in [0.05, 0.1) is 12.7 Å². The molecule has 0 fully saturated rings. The predicted molar refractivity (Wildman–Crippen MR) is 90.0 cm³/mol. The van der Waals surface area contributed by atoms with Crippen LogP contribution in [0.2, 0.25) is 0 Å². The molecular formula is C18H19NO5. The summed E-state index contributed by atoms with van der Waals surface area (Å²) in [4.78, 5) is 23.2. The smallest absolute Gasteiger partial charge is 0.336 e. The summed E-state index contributed by atoms with van der Waals surface area (Å²) in [6.45, 7) is 3.36. The maximum atomic E-state index is 12.1.